The third-order valence-corrected chi connectivity index (χ3v) is 2.85. The predicted molar refractivity (Wildman–Crippen MR) is 65.3 cm³/mol. The van der Waals surface area contributed by atoms with E-state index in [4.69, 9.17) is 5.26 Å². The van der Waals surface area contributed by atoms with Gasteiger partial charge >= 0.3 is 0 Å². The van der Waals surface area contributed by atoms with E-state index in [1.807, 2.05) is 19.1 Å². The molecule has 0 saturated heterocycles. The van der Waals surface area contributed by atoms with Gasteiger partial charge in [-0.1, -0.05) is 28.1 Å². The normalized spacial score (nSPS) is 14.3. The van der Waals surface area contributed by atoms with Crippen LogP contribution in [0.2, 0.25) is 0 Å². The molecule has 80 valence electrons. The van der Waals surface area contributed by atoms with Crippen molar-refractivity contribution in [1.29, 1.82) is 5.26 Å². The van der Waals surface area contributed by atoms with Crippen LogP contribution in [0.1, 0.15) is 25.5 Å². The van der Waals surface area contributed by atoms with Gasteiger partial charge in [0, 0.05) is 17.1 Å². The summed E-state index contributed by atoms with van der Waals surface area (Å²) < 4.78 is 1.09. The number of halogens is 1. The molecule has 2 nitrogen and oxygen atoms in total. The highest BCUT2D eigenvalue weighted by Crippen LogP contribution is 2.16. The molecule has 2 atom stereocenters. The van der Waals surface area contributed by atoms with Crippen molar-refractivity contribution in [3.8, 4) is 6.07 Å². The predicted octanol–water partition coefficient (Wildman–Crippen LogP) is 3.26. The molecule has 0 heterocycles. The zero-order valence-corrected chi connectivity index (χ0v) is 10.6. The van der Waals surface area contributed by atoms with E-state index in [9.17, 15) is 0 Å². The Hall–Kier alpha value is -0.850. The zero-order valence-electron chi connectivity index (χ0n) is 9.00. The van der Waals surface area contributed by atoms with Crippen molar-refractivity contribution in [2.75, 3.05) is 6.54 Å². The number of hydrogen-bond acceptors (Lipinski definition) is 2. The van der Waals surface area contributed by atoms with Gasteiger partial charge < -0.3 is 5.32 Å². The summed E-state index contributed by atoms with van der Waals surface area (Å²) in [4.78, 5) is 0. The Bertz CT molecular complexity index is 340. The molecule has 1 aromatic carbocycles. The van der Waals surface area contributed by atoms with Gasteiger partial charge in [-0.15, -0.1) is 0 Å². The molecule has 0 spiro atoms. The summed E-state index contributed by atoms with van der Waals surface area (Å²) in [6, 6.07) is 10.7. The number of benzene rings is 1. The van der Waals surface area contributed by atoms with Crippen molar-refractivity contribution in [2.24, 2.45) is 5.92 Å². The van der Waals surface area contributed by atoms with Gasteiger partial charge in [0.05, 0.1) is 12.0 Å². The van der Waals surface area contributed by atoms with Crippen molar-refractivity contribution < 1.29 is 0 Å². The monoisotopic (exact) mass is 266 g/mol. The number of nitrogens with zero attached hydrogens (tertiary/aromatic N) is 1. The highest BCUT2D eigenvalue weighted by atomic mass is 79.9. The molecule has 0 bridgehead atoms. The first-order valence-corrected chi connectivity index (χ1v) is 5.81. The van der Waals surface area contributed by atoms with Crippen LogP contribution in [0.5, 0.6) is 0 Å². The Kier molecular flexibility index (Phi) is 4.80. The standard InChI is InChI=1S/C12H15BrN2/c1-9(7-14)8-15-10(2)11-3-5-12(13)6-4-11/h3-6,9-10,15H,8H2,1-2H3. The molecule has 0 radical (unpaired) electrons. The highest BCUT2D eigenvalue weighted by Gasteiger charge is 2.06. The highest BCUT2D eigenvalue weighted by molar-refractivity contribution is 9.10. The molecule has 0 aliphatic heterocycles. The minimum Gasteiger partial charge on any atom is -0.309 e. The molecule has 15 heavy (non-hydrogen) atoms. The van der Waals surface area contributed by atoms with Crippen LogP contribution in [-0.4, -0.2) is 6.54 Å². The van der Waals surface area contributed by atoms with E-state index in [1.165, 1.54) is 5.56 Å². The van der Waals surface area contributed by atoms with E-state index in [0.29, 0.717) is 0 Å². The van der Waals surface area contributed by atoms with Crippen LogP contribution >= 0.6 is 15.9 Å². The van der Waals surface area contributed by atoms with E-state index < -0.39 is 0 Å². The Morgan fingerprint density at radius 1 is 1.33 bits per heavy atom. The summed E-state index contributed by atoms with van der Waals surface area (Å²) in [5.41, 5.74) is 1.24. The molecule has 1 N–H and O–H groups in total. The smallest absolute Gasteiger partial charge is 0.0666 e. The van der Waals surface area contributed by atoms with Gasteiger partial charge in [0.15, 0.2) is 0 Å². The molecule has 0 fully saturated rings. The first-order valence-electron chi connectivity index (χ1n) is 5.02. The average molecular weight is 267 g/mol. The first-order chi connectivity index (χ1) is 7.13. The van der Waals surface area contributed by atoms with Crippen LogP contribution < -0.4 is 5.32 Å². The number of nitriles is 1. The summed E-state index contributed by atoms with van der Waals surface area (Å²) >= 11 is 3.40. The van der Waals surface area contributed by atoms with Crippen molar-refractivity contribution >= 4 is 15.9 Å². The maximum Gasteiger partial charge on any atom is 0.0666 e. The second kappa shape index (κ2) is 5.89. The lowest BCUT2D eigenvalue weighted by Crippen LogP contribution is -2.23. The Balaban J connectivity index is 2.51. The molecule has 0 aromatic heterocycles. The Labute approximate surface area is 99.4 Å². The van der Waals surface area contributed by atoms with Crippen molar-refractivity contribution in [3.63, 3.8) is 0 Å². The first kappa shape index (κ1) is 12.2. The van der Waals surface area contributed by atoms with Gasteiger partial charge in [0.25, 0.3) is 0 Å². The van der Waals surface area contributed by atoms with Crippen LogP contribution in [0.4, 0.5) is 0 Å². The van der Waals surface area contributed by atoms with E-state index in [0.717, 1.165) is 11.0 Å². The largest absolute Gasteiger partial charge is 0.309 e. The van der Waals surface area contributed by atoms with Crippen LogP contribution in [0.15, 0.2) is 28.7 Å². The van der Waals surface area contributed by atoms with Gasteiger partial charge in [-0.2, -0.15) is 5.26 Å². The third kappa shape index (κ3) is 4.03. The number of hydrogen-bond donors (Lipinski definition) is 1. The minimum absolute atomic E-state index is 0.0582. The van der Waals surface area contributed by atoms with Gasteiger partial charge in [-0.05, 0) is 31.5 Å². The molecular weight excluding hydrogens is 252 g/mol. The van der Waals surface area contributed by atoms with Crippen LogP contribution in [0.3, 0.4) is 0 Å². The Morgan fingerprint density at radius 2 is 1.93 bits per heavy atom. The third-order valence-electron chi connectivity index (χ3n) is 2.32. The minimum atomic E-state index is 0.0582. The second-order valence-electron chi connectivity index (χ2n) is 3.71. The van der Waals surface area contributed by atoms with E-state index in [1.54, 1.807) is 0 Å². The van der Waals surface area contributed by atoms with E-state index in [2.05, 4.69) is 46.4 Å². The fourth-order valence-corrected chi connectivity index (χ4v) is 1.53. The summed E-state index contributed by atoms with van der Waals surface area (Å²) in [7, 11) is 0. The maximum atomic E-state index is 8.66. The fraction of sp³-hybridized carbons (Fsp3) is 0.417. The number of nitrogens with one attached hydrogen (secondary N) is 1. The Morgan fingerprint density at radius 3 is 2.47 bits per heavy atom. The lowest BCUT2D eigenvalue weighted by Gasteiger charge is -2.15. The van der Waals surface area contributed by atoms with Crippen LogP contribution in [0, 0.1) is 17.2 Å². The van der Waals surface area contributed by atoms with Crippen molar-refractivity contribution in [3.05, 3.63) is 34.3 Å². The van der Waals surface area contributed by atoms with Gasteiger partial charge in [0.2, 0.25) is 0 Å². The van der Waals surface area contributed by atoms with Crippen LogP contribution in [0.25, 0.3) is 0 Å². The van der Waals surface area contributed by atoms with Gasteiger partial charge in [-0.25, -0.2) is 0 Å². The van der Waals surface area contributed by atoms with Crippen molar-refractivity contribution in [2.45, 2.75) is 19.9 Å². The summed E-state index contributed by atoms with van der Waals surface area (Å²) in [5.74, 6) is 0.0582. The summed E-state index contributed by atoms with van der Waals surface area (Å²) in [6.45, 7) is 4.75. The molecule has 2 unspecified atom stereocenters. The zero-order chi connectivity index (χ0) is 11.3. The number of rotatable bonds is 4. The van der Waals surface area contributed by atoms with Crippen molar-refractivity contribution in [1.82, 2.24) is 5.32 Å². The molecule has 0 saturated carbocycles. The summed E-state index contributed by atoms with van der Waals surface area (Å²) in [5, 5.41) is 12.0. The molecule has 1 aromatic rings. The topological polar surface area (TPSA) is 35.8 Å². The molecular formula is C12H15BrN2. The molecule has 0 aliphatic carbocycles. The molecule has 0 amide bonds. The molecule has 0 aliphatic rings. The molecule has 3 heteroatoms. The van der Waals surface area contributed by atoms with Crippen LogP contribution in [-0.2, 0) is 0 Å². The quantitative estimate of drug-likeness (QED) is 0.908. The lowest BCUT2D eigenvalue weighted by atomic mass is 10.1. The fourth-order valence-electron chi connectivity index (χ4n) is 1.27. The van der Waals surface area contributed by atoms with Gasteiger partial charge in [-0.3, -0.25) is 0 Å². The average Bonchev–Trinajstić information content (AvgIpc) is 2.26. The second-order valence-corrected chi connectivity index (χ2v) is 4.63. The van der Waals surface area contributed by atoms with Gasteiger partial charge in [0.1, 0.15) is 0 Å². The summed E-state index contributed by atoms with van der Waals surface area (Å²) in [6.07, 6.45) is 0. The maximum absolute atomic E-state index is 8.66. The molecule has 1 rings (SSSR count). The lowest BCUT2D eigenvalue weighted by molar-refractivity contribution is 0.528. The van der Waals surface area contributed by atoms with E-state index in [-0.39, 0.29) is 12.0 Å². The van der Waals surface area contributed by atoms with E-state index >= 15 is 0 Å². The SMILES string of the molecule is CC(C#N)CNC(C)c1ccc(Br)cc1.